The molecule has 11 aromatic rings. The van der Waals surface area contributed by atoms with Crippen molar-refractivity contribution in [2.45, 2.75) is 305 Å². The lowest BCUT2D eigenvalue weighted by Gasteiger charge is -1.90. The Morgan fingerprint density at radius 3 is 0.355 bits per heavy atom. The fraction of sp³-hybridized carbons (Fsp3) is 0.468. The van der Waals surface area contributed by atoms with Crippen LogP contribution in [0.25, 0.3) is 0 Å². The van der Waals surface area contributed by atoms with Crippen LogP contribution in [0.1, 0.15) is 277 Å². The van der Waals surface area contributed by atoms with Crippen LogP contribution in [0.5, 0.6) is 0 Å². The molecule has 0 fully saturated rings. The zero-order chi connectivity index (χ0) is 87.8. The molecule has 0 saturated carbocycles. The monoisotopic (exact) mass is 1510 g/mol. The van der Waals surface area contributed by atoms with Crippen molar-refractivity contribution in [3.8, 4) is 0 Å². The second-order valence-corrected chi connectivity index (χ2v) is 20.9. The lowest BCUT2D eigenvalue weighted by atomic mass is 10.2. The van der Waals surface area contributed by atoms with Crippen molar-refractivity contribution in [1.29, 1.82) is 0 Å². The van der Waals surface area contributed by atoms with E-state index in [9.17, 15) is 0 Å². The van der Waals surface area contributed by atoms with E-state index < -0.39 is 0 Å². The van der Waals surface area contributed by atoms with Gasteiger partial charge in [-0.05, 0) is 234 Å². The summed E-state index contributed by atoms with van der Waals surface area (Å²) in [6.07, 6.45) is 21.8. The molecule has 0 aliphatic rings. The Morgan fingerprint density at radius 1 is 0.118 bits per heavy atom. The van der Waals surface area contributed by atoms with Crippen molar-refractivity contribution in [1.82, 2.24) is 80.2 Å². The second-order valence-electron chi connectivity index (χ2n) is 20.9. The molecule has 0 amide bonds. The molecule has 0 N–H and O–H groups in total. The SMILES string of the molecule is CC.CC.CC.CC.CC.CC.CC.CC.CC.CC.CC.Cc1ccc(C)cc1.Cc1ccc(C)nc1.Cc1ccc(C)nc1.Cc1ccc(C)nc1.Cc1ccc(C)nc1.Cc1ccc(C)nn1.Cc1ccc(C)nn1.Cc1cnc(C)cn1.Cc1cnc(C)cn1.Cc1cnc(C)nc1.Cc1cnc(C)nc1. The van der Waals surface area contributed by atoms with Crippen LogP contribution < -0.4 is 0 Å². The summed E-state index contributed by atoms with van der Waals surface area (Å²) in [5.41, 5.74) is 21.8. The molecule has 0 aliphatic heterocycles. The van der Waals surface area contributed by atoms with Gasteiger partial charge in [0.05, 0.1) is 45.6 Å². The molecule has 0 bridgehead atoms. The molecule has 110 heavy (non-hydrogen) atoms. The maximum atomic E-state index is 4.08. The molecule has 0 saturated heterocycles. The highest BCUT2D eigenvalue weighted by Crippen LogP contribution is 2.01. The highest BCUT2D eigenvalue weighted by Gasteiger charge is 1.89. The van der Waals surface area contributed by atoms with Gasteiger partial charge in [-0.3, -0.25) is 39.9 Å². The van der Waals surface area contributed by atoms with Crippen LogP contribution in [-0.2, 0) is 0 Å². The first-order valence-electron chi connectivity index (χ1n) is 39.8. The molecule has 0 spiro atoms. The molecule has 0 aliphatic carbocycles. The first kappa shape index (κ1) is 124. The molecule has 16 nitrogen and oxygen atoms in total. The van der Waals surface area contributed by atoms with Crippen molar-refractivity contribution >= 4 is 0 Å². The highest BCUT2D eigenvalue weighted by molar-refractivity contribution is 5.20. The fourth-order valence-corrected chi connectivity index (χ4v) is 5.56. The number of aryl methyl sites for hydroxylation is 22. The molecular weight excluding hydrogens is 1350 g/mol. The largest absolute Gasteiger partial charge is 0.261 e. The Labute approximate surface area is 677 Å². The third kappa shape index (κ3) is 92.5. The van der Waals surface area contributed by atoms with Gasteiger partial charge in [0, 0.05) is 97.1 Å². The van der Waals surface area contributed by atoms with Crippen LogP contribution in [0.3, 0.4) is 0 Å². The van der Waals surface area contributed by atoms with Crippen LogP contribution in [0.2, 0.25) is 0 Å². The van der Waals surface area contributed by atoms with Crippen molar-refractivity contribution < 1.29 is 0 Å². The van der Waals surface area contributed by atoms with E-state index in [1.54, 1.807) is 24.8 Å². The van der Waals surface area contributed by atoms with Gasteiger partial charge in [0.1, 0.15) is 11.6 Å². The molecule has 10 aromatic heterocycles. The molecule has 616 valence electrons. The lowest BCUT2D eigenvalue weighted by Crippen LogP contribution is -1.86. The van der Waals surface area contributed by atoms with Gasteiger partial charge in [-0.25, -0.2) is 19.9 Å². The minimum Gasteiger partial charge on any atom is -0.261 e. The standard InChI is InChI=1S/C8H10.4C7H9N.6C6H8N2.11C2H6/c1-7-3-5-8(2)6-4-7;4*1-6-3-4-7(2)8-5-6;2*1-5-3-8-6(2)4-7-5;2*1-5-3-7-6(2)8-4-5;2*1-5-3-4-6(2)8-7-5;11*1-2/h3-6H,1-2H3;4*3-5H,1-2H3;6*3-4H,1-2H3;11*1-2H3. The number of benzene rings is 1. The van der Waals surface area contributed by atoms with Gasteiger partial charge < -0.3 is 0 Å². The zero-order valence-electron chi connectivity index (χ0n) is 78.3. The summed E-state index contributed by atoms with van der Waals surface area (Å²) in [5.74, 6) is 1.66. The Bertz CT molecular complexity index is 2420. The van der Waals surface area contributed by atoms with Crippen molar-refractivity contribution in [3.05, 3.63) is 296 Å². The average Bonchev–Trinajstić information content (AvgIpc) is 2.31. The van der Waals surface area contributed by atoms with Gasteiger partial charge in [0.15, 0.2) is 0 Å². The predicted molar refractivity (Wildman–Crippen MR) is 485 cm³/mol. The van der Waals surface area contributed by atoms with E-state index in [4.69, 9.17) is 0 Å². The molecule has 1 aromatic carbocycles. The third-order valence-electron chi connectivity index (χ3n) is 11.0. The summed E-state index contributed by atoms with van der Waals surface area (Å²) in [4.78, 5) is 48.3. The zero-order valence-corrected chi connectivity index (χ0v) is 78.3. The Balaban J connectivity index is -0.000000106. The predicted octanol–water partition coefficient (Wildman–Crippen LogP) is 26.9. The number of hydrogen-bond acceptors (Lipinski definition) is 16. The molecular formula is C94H160N16. The molecule has 0 radical (unpaired) electrons. The minimum absolute atomic E-state index is 0.829. The summed E-state index contributed by atoms with van der Waals surface area (Å²) in [5, 5.41) is 15.3. The third-order valence-corrected chi connectivity index (χ3v) is 11.0. The number of nitrogens with zero attached hydrogens (tertiary/aromatic N) is 16. The Morgan fingerprint density at radius 2 is 0.245 bits per heavy atom. The van der Waals surface area contributed by atoms with E-state index in [0.29, 0.717) is 0 Å². The quantitative estimate of drug-likeness (QED) is 0.138. The number of rotatable bonds is 0. The van der Waals surface area contributed by atoms with Gasteiger partial charge >= 0.3 is 0 Å². The summed E-state index contributed by atoms with van der Waals surface area (Å²) < 4.78 is 0. The molecule has 16 heteroatoms. The van der Waals surface area contributed by atoms with Crippen LogP contribution in [0, 0.1) is 152 Å². The minimum atomic E-state index is 0.829. The van der Waals surface area contributed by atoms with Gasteiger partial charge in [-0.1, -0.05) is 212 Å². The van der Waals surface area contributed by atoms with Crippen LogP contribution in [0.4, 0.5) is 0 Å². The average molecular weight is 1510 g/mol. The smallest absolute Gasteiger partial charge is 0.125 e. The van der Waals surface area contributed by atoms with E-state index in [0.717, 1.165) is 91.1 Å². The van der Waals surface area contributed by atoms with Crippen molar-refractivity contribution in [3.63, 3.8) is 0 Å². The van der Waals surface area contributed by atoms with Gasteiger partial charge in [0.25, 0.3) is 0 Å². The topological polar surface area (TPSA) is 206 Å². The summed E-state index contributed by atoms with van der Waals surface area (Å²) in [7, 11) is 0. The Hall–Kier alpha value is -9.70. The molecule has 10 heterocycles. The first-order valence-corrected chi connectivity index (χ1v) is 39.8. The number of pyridine rings is 4. The molecule has 11 rings (SSSR count). The lowest BCUT2D eigenvalue weighted by molar-refractivity contribution is 0.941. The van der Waals surface area contributed by atoms with Crippen LogP contribution in [-0.4, -0.2) is 80.2 Å². The number of aromatic nitrogens is 16. The number of hydrogen-bond donors (Lipinski definition) is 0. The maximum absolute atomic E-state index is 4.08. The van der Waals surface area contributed by atoms with Crippen LogP contribution >= 0.6 is 0 Å². The van der Waals surface area contributed by atoms with E-state index in [1.807, 2.05) is 389 Å². The maximum Gasteiger partial charge on any atom is 0.125 e. The van der Waals surface area contributed by atoms with Gasteiger partial charge in [-0.15, -0.1) is 0 Å². The Kier molecular flexibility index (Phi) is 108. The van der Waals surface area contributed by atoms with Crippen molar-refractivity contribution in [2.24, 2.45) is 0 Å². The van der Waals surface area contributed by atoms with Gasteiger partial charge in [-0.2, -0.15) is 20.4 Å². The molecule has 0 atom stereocenters. The van der Waals surface area contributed by atoms with E-state index in [1.165, 1.54) is 33.4 Å². The van der Waals surface area contributed by atoms with Crippen LogP contribution in [0.15, 0.2) is 171 Å². The summed E-state index contributed by atoms with van der Waals surface area (Å²) in [6.45, 7) is 87.3. The first-order chi connectivity index (χ1) is 52.7. The van der Waals surface area contributed by atoms with E-state index in [-0.39, 0.29) is 0 Å². The summed E-state index contributed by atoms with van der Waals surface area (Å²) >= 11 is 0. The fourth-order valence-electron chi connectivity index (χ4n) is 5.56. The molecule has 0 unspecified atom stereocenters. The normalized spacial score (nSPS) is 8.00. The van der Waals surface area contributed by atoms with Gasteiger partial charge in [0.2, 0.25) is 0 Å². The summed E-state index contributed by atoms with van der Waals surface area (Å²) in [6, 6.07) is 32.5. The van der Waals surface area contributed by atoms with E-state index in [2.05, 4.69) is 143 Å². The van der Waals surface area contributed by atoms with E-state index >= 15 is 0 Å². The second kappa shape index (κ2) is 95.4. The highest BCUT2D eigenvalue weighted by atomic mass is 15.1. The van der Waals surface area contributed by atoms with Crippen molar-refractivity contribution in [2.75, 3.05) is 0 Å².